The van der Waals surface area contributed by atoms with E-state index in [9.17, 15) is 14.9 Å². The van der Waals surface area contributed by atoms with Gasteiger partial charge in [0.25, 0.3) is 5.69 Å². The van der Waals surface area contributed by atoms with Crippen molar-refractivity contribution in [3.05, 3.63) is 56.8 Å². The molecule has 10 nitrogen and oxygen atoms in total. The summed E-state index contributed by atoms with van der Waals surface area (Å²) in [5, 5.41) is 15.1. The first-order valence-electron chi connectivity index (χ1n) is 9.03. The zero-order valence-corrected chi connectivity index (χ0v) is 16.0. The molecule has 1 atom stereocenters. The Balaban J connectivity index is 1.79. The van der Waals surface area contributed by atoms with Gasteiger partial charge in [0.15, 0.2) is 23.0 Å². The van der Waals surface area contributed by atoms with Crippen molar-refractivity contribution in [2.24, 2.45) is 0 Å². The summed E-state index contributed by atoms with van der Waals surface area (Å²) in [5.41, 5.74) is 2.25. The Kier molecular flexibility index (Phi) is 3.95. The number of rotatable bonds is 4. The molecule has 0 fully saturated rings. The van der Waals surface area contributed by atoms with Gasteiger partial charge in [0.2, 0.25) is 6.79 Å². The Bertz CT molecular complexity index is 1140. The molecule has 5 rings (SSSR count). The second kappa shape index (κ2) is 6.55. The van der Waals surface area contributed by atoms with Crippen molar-refractivity contribution < 1.29 is 33.4 Å². The lowest BCUT2D eigenvalue weighted by Crippen LogP contribution is -2.20. The highest BCUT2D eigenvalue weighted by Gasteiger charge is 2.42. The second-order valence-electron chi connectivity index (χ2n) is 6.84. The normalized spacial score (nSPS) is 18.3. The van der Waals surface area contributed by atoms with Crippen LogP contribution in [0.5, 0.6) is 23.0 Å². The average Bonchev–Trinajstić information content (AvgIpc) is 3.35. The predicted octanol–water partition coefficient (Wildman–Crippen LogP) is 2.71. The smallest absolute Gasteiger partial charge is 0.337 e. The van der Waals surface area contributed by atoms with Crippen molar-refractivity contribution in [3.63, 3.8) is 0 Å². The van der Waals surface area contributed by atoms with E-state index in [2.05, 4.69) is 5.32 Å². The number of methoxy groups -OCH3 is 2. The monoisotopic (exact) mass is 412 g/mol. The van der Waals surface area contributed by atoms with Crippen LogP contribution < -0.4 is 24.3 Å². The van der Waals surface area contributed by atoms with Crippen molar-refractivity contribution in [2.45, 2.75) is 5.92 Å². The van der Waals surface area contributed by atoms with E-state index < -0.39 is 16.8 Å². The SMILES string of the molecule is COc1cc(C2C3=C(COC3=O)Nc3cc4c(cc32)OCO4)c([N+](=O)[O-])cc1OC. The molecule has 0 saturated carbocycles. The number of nitrogens with zero attached hydrogens (tertiary/aromatic N) is 1. The van der Waals surface area contributed by atoms with Crippen LogP contribution in [0.2, 0.25) is 0 Å². The fraction of sp³-hybridized carbons (Fsp3) is 0.250. The van der Waals surface area contributed by atoms with Crippen LogP contribution >= 0.6 is 0 Å². The number of cyclic esters (lactones) is 1. The van der Waals surface area contributed by atoms with E-state index in [1.807, 2.05) is 0 Å². The summed E-state index contributed by atoms with van der Waals surface area (Å²) in [6.07, 6.45) is 0. The first-order valence-corrected chi connectivity index (χ1v) is 9.03. The number of nitro groups is 1. The van der Waals surface area contributed by atoms with Crippen LogP contribution in [0.15, 0.2) is 35.5 Å². The van der Waals surface area contributed by atoms with Crippen LogP contribution in [0.1, 0.15) is 17.0 Å². The van der Waals surface area contributed by atoms with Gasteiger partial charge in [-0.15, -0.1) is 0 Å². The lowest BCUT2D eigenvalue weighted by Gasteiger charge is -2.27. The number of nitrogens with one attached hydrogen (secondary N) is 1. The number of anilines is 1. The molecule has 1 unspecified atom stereocenters. The average molecular weight is 412 g/mol. The van der Waals surface area contributed by atoms with E-state index in [4.69, 9.17) is 23.7 Å². The van der Waals surface area contributed by atoms with Gasteiger partial charge in [-0.25, -0.2) is 4.79 Å². The van der Waals surface area contributed by atoms with Gasteiger partial charge < -0.3 is 29.0 Å². The Morgan fingerprint density at radius 3 is 2.43 bits per heavy atom. The standard InChI is InChI=1S/C20H16N2O8/c1-26-14-4-10(13(22(24)25)6-15(14)27-2)18-9-3-16-17(30-8-29-16)5-11(9)21-12-7-28-20(23)19(12)18/h3-6,18,21H,7-8H2,1-2H3. The predicted molar refractivity (Wildman–Crippen MR) is 102 cm³/mol. The maximum atomic E-state index is 12.6. The van der Waals surface area contributed by atoms with E-state index in [1.165, 1.54) is 26.4 Å². The molecule has 10 heteroatoms. The Hall–Kier alpha value is -3.95. The largest absolute Gasteiger partial charge is 0.493 e. The number of esters is 1. The van der Waals surface area contributed by atoms with Crippen LogP contribution in [-0.2, 0) is 9.53 Å². The molecule has 0 radical (unpaired) electrons. The van der Waals surface area contributed by atoms with Crippen LogP contribution in [0, 0.1) is 10.1 Å². The van der Waals surface area contributed by atoms with Gasteiger partial charge in [-0.05, 0) is 17.7 Å². The number of carbonyl (C=O) groups is 1. The molecule has 0 spiro atoms. The highest BCUT2D eigenvalue weighted by Crippen LogP contribution is 2.51. The molecule has 0 aromatic heterocycles. The Morgan fingerprint density at radius 1 is 1.03 bits per heavy atom. The Labute approximate surface area is 170 Å². The van der Waals surface area contributed by atoms with Gasteiger partial charge in [0.05, 0.1) is 42.4 Å². The summed E-state index contributed by atoms with van der Waals surface area (Å²) in [5.74, 6) is 0.287. The molecule has 0 amide bonds. The van der Waals surface area contributed by atoms with Crippen LogP contribution in [-0.4, -0.2) is 38.5 Å². The molecular weight excluding hydrogens is 396 g/mol. The van der Waals surface area contributed by atoms with E-state index in [0.29, 0.717) is 39.8 Å². The minimum atomic E-state index is -0.763. The number of benzene rings is 2. The summed E-state index contributed by atoms with van der Waals surface area (Å²) in [7, 11) is 2.84. The fourth-order valence-electron chi connectivity index (χ4n) is 4.03. The van der Waals surface area contributed by atoms with Crippen LogP contribution in [0.25, 0.3) is 0 Å². The van der Waals surface area contributed by atoms with Crippen molar-refractivity contribution >= 4 is 17.3 Å². The molecule has 2 aromatic carbocycles. The van der Waals surface area contributed by atoms with E-state index in [-0.39, 0.29) is 30.4 Å². The van der Waals surface area contributed by atoms with E-state index in [1.54, 1.807) is 12.1 Å². The van der Waals surface area contributed by atoms with Crippen LogP contribution in [0.3, 0.4) is 0 Å². The molecule has 0 aliphatic carbocycles. The molecule has 3 aliphatic rings. The molecule has 0 saturated heterocycles. The van der Waals surface area contributed by atoms with Gasteiger partial charge in [0.1, 0.15) is 6.61 Å². The highest BCUT2D eigenvalue weighted by atomic mass is 16.7. The van der Waals surface area contributed by atoms with Crippen molar-refractivity contribution in [1.29, 1.82) is 0 Å². The summed E-state index contributed by atoms with van der Waals surface area (Å²) in [4.78, 5) is 24.0. The quantitative estimate of drug-likeness (QED) is 0.459. The molecule has 3 aliphatic heterocycles. The third kappa shape index (κ3) is 2.53. The number of carbonyl (C=O) groups excluding carboxylic acids is 1. The van der Waals surface area contributed by atoms with Crippen molar-refractivity contribution in [2.75, 3.05) is 32.9 Å². The summed E-state index contributed by atoms with van der Waals surface area (Å²) < 4.78 is 26.7. The first-order chi connectivity index (χ1) is 14.5. The molecule has 2 aromatic rings. The summed E-state index contributed by atoms with van der Waals surface area (Å²) in [6.45, 7) is 0.133. The maximum absolute atomic E-state index is 12.6. The third-order valence-electron chi connectivity index (χ3n) is 5.36. The summed E-state index contributed by atoms with van der Waals surface area (Å²) in [6, 6.07) is 6.30. The second-order valence-corrected chi connectivity index (χ2v) is 6.84. The lowest BCUT2D eigenvalue weighted by molar-refractivity contribution is -0.385. The zero-order valence-electron chi connectivity index (χ0n) is 16.0. The number of hydrogen-bond donors (Lipinski definition) is 1. The molecular formula is C20H16N2O8. The topological polar surface area (TPSA) is 118 Å². The van der Waals surface area contributed by atoms with Gasteiger partial charge in [0, 0.05) is 17.3 Å². The molecule has 30 heavy (non-hydrogen) atoms. The number of fused-ring (bicyclic) bond motifs is 2. The van der Waals surface area contributed by atoms with Crippen molar-refractivity contribution in [3.8, 4) is 23.0 Å². The molecule has 0 bridgehead atoms. The van der Waals surface area contributed by atoms with Gasteiger partial charge in [-0.1, -0.05) is 0 Å². The highest BCUT2D eigenvalue weighted by molar-refractivity contribution is 5.98. The number of nitro benzene ring substituents is 1. The molecule has 3 heterocycles. The van der Waals surface area contributed by atoms with Gasteiger partial charge in [-0.2, -0.15) is 0 Å². The third-order valence-corrected chi connectivity index (χ3v) is 5.36. The van der Waals surface area contributed by atoms with Crippen molar-refractivity contribution in [1.82, 2.24) is 0 Å². The Morgan fingerprint density at radius 2 is 1.73 bits per heavy atom. The molecule has 1 N–H and O–H groups in total. The first kappa shape index (κ1) is 18.1. The van der Waals surface area contributed by atoms with E-state index in [0.717, 1.165) is 0 Å². The zero-order chi connectivity index (χ0) is 21.0. The lowest BCUT2D eigenvalue weighted by atomic mass is 9.80. The number of ether oxygens (including phenoxy) is 5. The van der Waals surface area contributed by atoms with Crippen LogP contribution in [0.4, 0.5) is 11.4 Å². The van der Waals surface area contributed by atoms with E-state index >= 15 is 0 Å². The van der Waals surface area contributed by atoms with Gasteiger partial charge in [-0.3, -0.25) is 10.1 Å². The van der Waals surface area contributed by atoms with Gasteiger partial charge >= 0.3 is 5.97 Å². The fourth-order valence-corrected chi connectivity index (χ4v) is 4.03. The number of hydrogen-bond acceptors (Lipinski definition) is 9. The minimum Gasteiger partial charge on any atom is -0.493 e. The minimum absolute atomic E-state index is 0.0552. The maximum Gasteiger partial charge on any atom is 0.337 e. The summed E-state index contributed by atoms with van der Waals surface area (Å²) >= 11 is 0. The molecule has 154 valence electrons.